The number of anilines is 2. The van der Waals surface area contributed by atoms with Gasteiger partial charge in [0.25, 0.3) is 0 Å². The van der Waals surface area contributed by atoms with Crippen LogP contribution in [-0.2, 0) is 0 Å². The third-order valence-electron chi connectivity index (χ3n) is 1.86. The highest BCUT2D eigenvalue weighted by molar-refractivity contribution is 7.98. The molecule has 0 atom stereocenters. The third-order valence-corrected chi connectivity index (χ3v) is 2.67. The molecular weight excluding hydrogens is 218 g/mol. The Balaban J connectivity index is 2.77. The predicted octanol–water partition coefficient (Wildman–Crippen LogP) is 2.12. The number of pyridine rings is 1. The highest BCUT2D eigenvalue weighted by Crippen LogP contribution is 2.21. The Kier molecular flexibility index (Phi) is 4.35. The average molecular weight is 232 g/mol. The molecule has 1 aromatic rings. The lowest BCUT2D eigenvalue weighted by Crippen LogP contribution is -2.22. The van der Waals surface area contributed by atoms with Crippen LogP contribution in [0.5, 0.6) is 0 Å². The number of nitrogen functional groups attached to an aromatic ring is 1. The number of hydrogen-bond acceptors (Lipinski definition) is 4. The molecule has 0 aliphatic rings. The van der Waals surface area contributed by atoms with Crippen LogP contribution in [0.25, 0.3) is 0 Å². The molecule has 0 saturated heterocycles. The lowest BCUT2D eigenvalue weighted by molar-refractivity contribution is 0.949. The zero-order valence-corrected chi connectivity index (χ0v) is 9.90. The SMILES string of the molecule is CSCCN(C)c1nc(Cl)ccc1N. The summed E-state index contributed by atoms with van der Waals surface area (Å²) in [4.78, 5) is 6.19. The maximum atomic E-state index is 5.80. The third kappa shape index (κ3) is 2.96. The Labute approximate surface area is 93.6 Å². The molecule has 0 aliphatic carbocycles. The van der Waals surface area contributed by atoms with Gasteiger partial charge in [-0.15, -0.1) is 0 Å². The number of nitrogens with zero attached hydrogens (tertiary/aromatic N) is 2. The van der Waals surface area contributed by atoms with E-state index in [0.717, 1.165) is 18.1 Å². The Hall–Kier alpha value is -0.610. The highest BCUT2D eigenvalue weighted by Gasteiger charge is 2.06. The van der Waals surface area contributed by atoms with Crippen LogP contribution in [0.15, 0.2) is 12.1 Å². The summed E-state index contributed by atoms with van der Waals surface area (Å²) in [6, 6.07) is 3.48. The topological polar surface area (TPSA) is 42.2 Å². The zero-order valence-electron chi connectivity index (χ0n) is 8.33. The molecule has 78 valence electrons. The zero-order chi connectivity index (χ0) is 10.6. The van der Waals surface area contributed by atoms with E-state index in [1.165, 1.54) is 0 Å². The molecule has 0 saturated carbocycles. The van der Waals surface area contributed by atoms with Crippen molar-refractivity contribution in [3.05, 3.63) is 17.3 Å². The summed E-state index contributed by atoms with van der Waals surface area (Å²) < 4.78 is 0. The first-order chi connectivity index (χ1) is 6.65. The summed E-state index contributed by atoms with van der Waals surface area (Å²) in [7, 11) is 1.96. The van der Waals surface area contributed by atoms with Gasteiger partial charge in [-0.2, -0.15) is 11.8 Å². The summed E-state index contributed by atoms with van der Waals surface area (Å²) in [5.74, 6) is 1.80. The molecular formula is C9H14ClN3S. The molecule has 0 fully saturated rings. The second kappa shape index (κ2) is 5.32. The van der Waals surface area contributed by atoms with Crippen molar-refractivity contribution in [3.8, 4) is 0 Å². The van der Waals surface area contributed by atoms with Crippen LogP contribution in [0.2, 0.25) is 5.15 Å². The molecule has 3 nitrogen and oxygen atoms in total. The molecule has 5 heteroatoms. The van der Waals surface area contributed by atoms with Crippen LogP contribution in [0.3, 0.4) is 0 Å². The lowest BCUT2D eigenvalue weighted by Gasteiger charge is -2.19. The Morgan fingerprint density at radius 3 is 2.93 bits per heavy atom. The molecule has 0 amide bonds. The molecule has 0 aromatic carbocycles. The van der Waals surface area contributed by atoms with Crippen molar-refractivity contribution in [3.63, 3.8) is 0 Å². The predicted molar refractivity (Wildman–Crippen MR) is 65.3 cm³/mol. The summed E-state index contributed by atoms with van der Waals surface area (Å²) in [6.07, 6.45) is 2.07. The van der Waals surface area contributed by atoms with Crippen molar-refractivity contribution in [2.45, 2.75) is 0 Å². The van der Waals surface area contributed by atoms with Crippen LogP contribution < -0.4 is 10.6 Å². The van der Waals surface area contributed by atoms with Gasteiger partial charge < -0.3 is 10.6 Å². The van der Waals surface area contributed by atoms with Gasteiger partial charge in [0.15, 0.2) is 5.82 Å². The van der Waals surface area contributed by atoms with Gasteiger partial charge in [0, 0.05) is 19.3 Å². The number of halogens is 1. The number of nitrogens with two attached hydrogens (primary N) is 1. The fourth-order valence-corrected chi connectivity index (χ4v) is 1.68. The molecule has 0 radical (unpaired) electrons. The molecule has 1 heterocycles. The molecule has 0 bridgehead atoms. The van der Waals surface area contributed by atoms with Crippen molar-refractivity contribution < 1.29 is 0 Å². The Morgan fingerprint density at radius 1 is 1.57 bits per heavy atom. The minimum atomic E-state index is 0.477. The van der Waals surface area contributed by atoms with E-state index in [4.69, 9.17) is 17.3 Å². The van der Waals surface area contributed by atoms with Crippen molar-refractivity contribution in [1.82, 2.24) is 4.98 Å². The first-order valence-corrected chi connectivity index (χ1v) is 6.04. The van der Waals surface area contributed by atoms with E-state index >= 15 is 0 Å². The standard InChI is InChI=1S/C9H14ClN3S/c1-13(5-6-14-2)9-7(11)3-4-8(10)12-9/h3-4H,5-6,11H2,1-2H3. The largest absolute Gasteiger partial charge is 0.396 e. The van der Waals surface area contributed by atoms with Gasteiger partial charge in [0.05, 0.1) is 5.69 Å². The smallest absolute Gasteiger partial charge is 0.153 e. The van der Waals surface area contributed by atoms with E-state index in [1.54, 1.807) is 23.9 Å². The van der Waals surface area contributed by atoms with Gasteiger partial charge >= 0.3 is 0 Å². The summed E-state index contributed by atoms with van der Waals surface area (Å²) in [6.45, 7) is 0.915. The van der Waals surface area contributed by atoms with Crippen LogP contribution in [0.4, 0.5) is 11.5 Å². The number of hydrogen-bond donors (Lipinski definition) is 1. The van der Waals surface area contributed by atoms with E-state index in [-0.39, 0.29) is 0 Å². The molecule has 0 spiro atoms. The van der Waals surface area contributed by atoms with Crippen LogP contribution >= 0.6 is 23.4 Å². The Bertz CT molecular complexity index is 306. The van der Waals surface area contributed by atoms with E-state index in [9.17, 15) is 0 Å². The van der Waals surface area contributed by atoms with E-state index in [2.05, 4.69) is 11.2 Å². The first kappa shape index (κ1) is 11.5. The van der Waals surface area contributed by atoms with Gasteiger partial charge in [-0.3, -0.25) is 0 Å². The quantitative estimate of drug-likeness (QED) is 0.807. The number of aromatic nitrogens is 1. The molecule has 1 rings (SSSR count). The number of rotatable bonds is 4. The second-order valence-corrected chi connectivity index (χ2v) is 4.33. The highest BCUT2D eigenvalue weighted by atomic mass is 35.5. The molecule has 2 N–H and O–H groups in total. The van der Waals surface area contributed by atoms with Gasteiger partial charge in [-0.25, -0.2) is 4.98 Å². The van der Waals surface area contributed by atoms with Crippen molar-refractivity contribution in [2.75, 3.05) is 36.2 Å². The minimum absolute atomic E-state index is 0.477. The maximum Gasteiger partial charge on any atom is 0.153 e. The average Bonchev–Trinajstić information content (AvgIpc) is 2.18. The van der Waals surface area contributed by atoms with Crippen molar-refractivity contribution in [1.29, 1.82) is 0 Å². The molecule has 0 unspecified atom stereocenters. The van der Waals surface area contributed by atoms with E-state index in [1.807, 2.05) is 11.9 Å². The molecule has 0 aliphatic heterocycles. The normalized spacial score (nSPS) is 10.2. The lowest BCUT2D eigenvalue weighted by atomic mass is 10.4. The summed E-state index contributed by atoms with van der Waals surface area (Å²) in [5.41, 5.74) is 6.46. The van der Waals surface area contributed by atoms with Crippen LogP contribution in [0, 0.1) is 0 Å². The van der Waals surface area contributed by atoms with Crippen LogP contribution in [-0.4, -0.2) is 30.6 Å². The van der Waals surface area contributed by atoms with Gasteiger partial charge in [-0.1, -0.05) is 11.6 Å². The second-order valence-electron chi connectivity index (χ2n) is 2.96. The number of thioether (sulfide) groups is 1. The van der Waals surface area contributed by atoms with Gasteiger partial charge in [0.2, 0.25) is 0 Å². The van der Waals surface area contributed by atoms with Gasteiger partial charge in [0.1, 0.15) is 5.15 Å². The fourth-order valence-electron chi connectivity index (χ4n) is 1.08. The molecule has 1 aromatic heterocycles. The van der Waals surface area contributed by atoms with Gasteiger partial charge in [-0.05, 0) is 18.4 Å². The van der Waals surface area contributed by atoms with Crippen molar-refractivity contribution >= 4 is 34.9 Å². The summed E-state index contributed by atoms with van der Waals surface area (Å²) >= 11 is 7.59. The van der Waals surface area contributed by atoms with Crippen molar-refractivity contribution in [2.24, 2.45) is 0 Å². The van der Waals surface area contributed by atoms with Crippen LogP contribution in [0.1, 0.15) is 0 Å². The molecule has 14 heavy (non-hydrogen) atoms. The first-order valence-electron chi connectivity index (χ1n) is 4.27. The monoisotopic (exact) mass is 231 g/mol. The summed E-state index contributed by atoms with van der Waals surface area (Å²) in [5, 5.41) is 0.477. The van der Waals surface area contributed by atoms with E-state index in [0.29, 0.717) is 10.8 Å². The maximum absolute atomic E-state index is 5.80. The Morgan fingerprint density at radius 2 is 2.29 bits per heavy atom. The minimum Gasteiger partial charge on any atom is -0.396 e. The fraction of sp³-hybridized carbons (Fsp3) is 0.444. The van der Waals surface area contributed by atoms with E-state index < -0.39 is 0 Å².